The molecule has 8 heteroatoms. The molecule has 1 fully saturated rings. The lowest BCUT2D eigenvalue weighted by molar-refractivity contribution is 0.303. The van der Waals surface area contributed by atoms with Gasteiger partial charge in [0.15, 0.2) is 0 Å². The highest BCUT2D eigenvalue weighted by molar-refractivity contribution is 7.89. The molecule has 30 heavy (non-hydrogen) atoms. The van der Waals surface area contributed by atoms with E-state index in [-0.39, 0.29) is 0 Å². The van der Waals surface area contributed by atoms with Gasteiger partial charge in [-0.3, -0.25) is 0 Å². The fourth-order valence-electron chi connectivity index (χ4n) is 3.60. The van der Waals surface area contributed by atoms with Crippen LogP contribution in [0.15, 0.2) is 53.4 Å². The second-order valence-corrected chi connectivity index (χ2v) is 9.30. The van der Waals surface area contributed by atoms with Gasteiger partial charge in [0.05, 0.1) is 11.5 Å². The van der Waals surface area contributed by atoms with Gasteiger partial charge >= 0.3 is 0 Å². The van der Waals surface area contributed by atoms with Crippen molar-refractivity contribution in [1.29, 1.82) is 0 Å². The molecule has 1 saturated heterocycles. The van der Waals surface area contributed by atoms with Crippen molar-refractivity contribution < 1.29 is 13.2 Å². The van der Waals surface area contributed by atoms with E-state index in [4.69, 9.17) is 4.74 Å². The molecule has 3 aromatic rings. The Morgan fingerprint density at radius 1 is 0.967 bits per heavy atom. The van der Waals surface area contributed by atoms with Crippen molar-refractivity contribution in [3.63, 3.8) is 0 Å². The van der Waals surface area contributed by atoms with E-state index in [2.05, 4.69) is 14.9 Å². The molecule has 7 nitrogen and oxygen atoms in total. The van der Waals surface area contributed by atoms with Gasteiger partial charge in [-0.05, 0) is 36.2 Å². The standard InChI is InChI=1S/C22H26N4O3S/c1-3-14-29-22-16-21(23-17(2)24-22)25-10-12-26(13-11-25)30(27,28)20-9-8-18-6-4-5-7-19(18)15-20/h4-9,15-16H,3,10-14H2,1-2H3. The number of anilines is 1. The predicted octanol–water partition coefficient (Wildman–Crippen LogP) is 3.24. The van der Waals surface area contributed by atoms with Crippen LogP contribution in [0.5, 0.6) is 5.88 Å². The fraction of sp³-hybridized carbons (Fsp3) is 0.364. The maximum absolute atomic E-state index is 13.2. The van der Waals surface area contributed by atoms with E-state index in [1.165, 1.54) is 0 Å². The van der Waals surface area contributed by atoms with Gasteiger partial charge in [-0.25, -0.2) is 13.4 Å². The third-order valence-electron chi connectivity index (χ3n) is 5.18. The zero-order chi connectivity index (χ0) is 21.1. The largest absolute Gasteiger partial charge is 0.478 e. The quantitative estimate of drug-likeness (QED) is 0.602. The number of hydrogen-bond acceptors (Lipinski definition) is 6. The predicted molar refractivity (Wildman–Crippen MR) is 117 cm³/mol. The Morgan fingerprint density at radius 2 is 1.70 bits per heavy atom. The molecule has 0 saturated carbocycles. The molecular weight excluding hydrogens is 400 g/mol. The van der Waals surface area contributed by atoms with E-state index in [0.29, 0.717) is 49.4 Å². The van der Waals surface area contributed by atoms with Crippen LogP contribution >= 0.6 is 0 Å². The molecule has 158 valence electrons. The molecule has 0 amide bonds. The molecule has 4 rings (SSSR count). The van der Waals surface area contributed by atoms with Crippen LogP contribution in [0.2, 0.25) is 0 Å². The molecule has 0 aliphatic carbocycles. The van der Waals surface area contributed by atoms with Gasteiger partial charge in [-0.15, -0.1) is 0 Å². The van der Waals surface area contributed by atoms with Crippen molar-refractivity contribution in [3.05, 3.63) is 54.4 Å². The Bertz CT molecular complexity index is 1140. The molecule has 0 spiro atoms. The maximum atomic E-state index is 13.2. The second kappa shape index (κ2) is 8.57. The SMILES string of the molecule is CCCOc1cc(N2CCN(S(=O)(=O)c3ccc4ccccc4c3)CC2)nc(C)n1. The van der Waals surface area contributed by atoms with Crippen molar-refractivity contribution in [2.75, 3.05) is 37.7 Å². The summed E-state index contributed by atoms with van der Waals surface area (Å²) in [5.74, 6) is 1.98. The summed E-state index contributed by atoms with van der Waals surface area (Å²) in [6.45, 7) is 6.43. The molecule has 2 aromatic carbocycles. The zero-order valence-corrected chi connectivity index (χ0v) is 18.1. The third-order valence-corrected chi connectivity index (χ3v) is 7.07. The summed E-state index contributed by atoms with van der Waals surface area (Å²) in [6.07, 6.45) is 0.906. The summed E-state index contributed by atoms with van der Waals surface area (Å²) < 4.78 is 33.5. The molecule has 2 heterocycles. The smallest absolute Gasteiger partial charge is 0.243 e. The molecule has 0 N–H and O–H groups in total. The first-order valence-corrected chi connectivity index (χ1v) is 11.6. The van der Waals surface area contributed by atoms with E-state index in [9.17, 15) is 8.42 Å². The Balaban J connectivity index is 1.49. The van der Waals surface area contributed by atoms with E-state index in [1.807, 2.05) is 50.2 Å². The van der Waals surface area contributed by atoms with Crippen LogP contribution < -0.4 is 9.64 Å². The average molecular weight is 427 g/mol. The van der Waals surface area contributed by atoms with Crippen LogP contribution in [0.4, 0.5) is 5.82 Å². The summed E-state index contributed by atoms with van der Waals surface area (Å²) in [4.78, 5) is 11.2. The summed E-state index contributed by atoms with van der Waals surface area (Å²) in [5, 5.41) is 1.95. The molecular formula is C22H26N4O3S. The minimum Gasteiger partial charge on any atom is -0.478 e. The first kappa shape index (κ1) is 20.6. The molecule has 1 aromatic heterocycles. The van der Waals surface area contributed by atoms with Crippen LogP contribution in [-0.2, 0) is 10.0 Å². The summed E-state index contributed by atoms with van der Waals surface area (Å²) >= 11 is 0. The number of ether oxygens (including phenoxy) is 1. The van der Waals surface area contributed by atoms with Crippen LogP contribution in [0, 0.1) is 6.92 Å². The number of rotatable bonds is 6. The lowest BCUT2D eigenvalue weighted by Crippen LogP contribution is -2.49. The van der Waals surface area contributed by atoms with Crippen molar-refractivity contribution in [2.45, 2.75) is 25.2 Å². The molecule has 0 radical (unpaired) electrons. The number of aromatic nitrogens is 2. The Morgan fingerprint density at radius 3 is 2.43 bits per heavy atom. The van der Waals surface area contributed by atoms with Crippen molar-refractivity contribution in [2.24, 2.45) is 0 Å². The lowest BCUT2D eigenvalue weighted by atomic mass is 10.1. The minimum absolute atomic E-state index is 0.336. The van der Waals surface area contributed by atoms with Gasteiger partial charge in [0, 0.05) is 32.2 Å². The number of fused-ring (bicyclic) bond motifs is 1. The van der Waals surface area contributed by atoms with Crippen LogP contribution in [0.3, 0.4) is 0 Å². The number of piperazine rings is 1. The van der Waals surface area contributed by atoms with Gasteiger partial charge in [0.1, 0.15) is 11.6 Å². The summed E-state index contributed by atoms with van der Waals surface area (Å²) in [5.41, 5.74) is 0. The van der Waals surface area contributed by atoms with Gasteiger partial charge in [-0.1, -0.05) is 37.3 Å². The average Bonchev–Trinajstić information content (AvgIpc) is 2.77. The fourth-order valence-corrected chi connectivity index (χ4v) is 5.06. The van der Waals surface area contributed by atoms with E-state index in [0.717, 1.165) is 23.0 Å². The van der Waals surface area contributed by atoms with Crippen LogP contribution in [-0.4, -0.2) is 55.5 Å². The van der Waals surface area contributed by atoms with Crippen LogP contribution in [0.25, 0.3) is 10.8 Å². The number of sulfonamides is 1. The molecule has 1 aliphatic rings. The Labute approximate surface area is 177 Å². The van der Waals surface area contributed by atoms with Gasteiger partial charge in [0.25, 0.3) is 0 Å². The van der Waals surface area contributed by atoms with Crippen LogP contribution in [0.1, 0.15) is 19.2 Å². The first-order chi connectivity index (χ1) is 14.5. The zero-order valence-electron chi connectivity index (χ0n) is 17.3. The number of hydrogen-bond donors (Lipinski definition) is 0. The normalized spacial score (nSPS) is 15.5. The molecule has 0 atom stereocenters. The van der Waals surface area contributed by atoms with E-state index >= 15 is 0 Å². The Hall–Kier alpha value is -2.71. The second-order valence-electron chi connectivity index (χ2n) is 7.36. The minimum atomic E-state index is -3.54. The topological polar surface area (TPSA) is 75.6 Å². The summed E-state index contributed by atoms with van der Waals surface area (Å²) in [6, 6.07) is 14.9. The monoisotopic (exact) mass is 426 g/mol. The highest BCUT2D eigenvalue weighted by Gasteiger charge is 2.29. The number of benzene rings is 2. The molecule has 0 unspecified atom stereocenters. The Kier molecular flexibility index (Phi) is 5.87. The lowest BCUT2D eigenvalue weighted by Gasteiger charge is -2.34. The highest BCUT2D eigenvalue weighted by atomic mass is 32.2. The van der Waals surface area contributed by atoms with Crippen molar-refractivity contribution in [1.82, 2.24) is 14.3 Å². The highest BCUT2D eigenvalue weighted by Crippen LogP contribution is 2.25. The first-order valence-electron chi connectivity index (χ1n) is 10.2. The van der Waals surface area contributed by atoms with Gasteiger partial charge in [-0.2, -0.15) is 9.29 Å². The summed E-state index contributed by atoms with van der Waals surface area (Å²) in [7, 11) is -3.54. The maximum Gasteiger partial charge on any atom is 0.243 e. The molecule has 0 bridgehead atoms. The van der Waals surface area contributed by atoms with Crippen molar-refractivity contribution in [3.8, 4) is 5.88 Å². The van der Waals surface area contributed by atoms with Gasteiger partial charge < -0.3 is 9.64 Å². The third kappa shape index (κ3) is 4.24. The molecule has 1 aliphatic heterocycles. The van der Waals surface area contributed by atoms with E-state index < -0.39 is 10.0 Å². The number of aryl methyl sites for hydroxylation is 1. The van der Waals surface area contributed by atoms with Gasteiger partial charge in [0.2, 0.25) is 15.9 Å². The number of nitrogens with zero attached hydrogens (tertiary/aromatic N) is 4. The van der Waals surface area contributed by atoms with Crippen molar-refractivity contribution >= 4 is 26.6 Å². The van der Waals surface area contributed by atoms with E-state index in [1.54, 1.807) is 16.4 Å².